The van der Waals surface area contributed by atoms with Gasteiger partial charge in [-0.2, -0.15) is 5.10 Å². The van der Waals surface area contributed by atoms with Crippen LogP contribution in [0.4, 0.5) is 4.39 Å². The number of hydrazone groups is 1. The van der Waals surface area contributed by atoms with Crippen LogP contribution in [0.5, 0.6) is 0 Å². The Morgan fingerprint density at radius 1 is 1.22 bits per heavy atom. The number of thiophene rings is 1. The van der Waals surface area contributed by atoms with Crippen molar-refractivity contribution in [3.8, 4) is 0 Å². The maximum Gasteiger partial charge on any atom is 0.262 e. The van der Waals surface area contributed by atoms with Crippen LogP contribution < -0.4 is 0 Å². The Bertz CT molecular complexity index is 973. The minimum absolute atomic E-state index is 0.0121. The molecule has 0 N–H and O–H groups in total. The Labute approximate surface area is 191 Å². The summed E-state index contributed by atoms with van der Waals surface area (Å²) in [6, 6.07) is 10.1. The van der Waals surface area contributed by atoms with Gasteiger partial charge in [-0.05, 0) is 30.4 Å². The third-order valence-corrected chi connectivity index (χ3v) is 7.10. The summed E-state index contributed by atoms with van der Waals surface area (Å²) in [5, 5.41) is 7.94. The second kappa shape index (κ2) is 10.4. The van der Waals surface area contributed by atoms with E-state index in [1.165, 1.54) is 11.1 Å². The monoisotopic (exact) mass is 457 g/mol. The smallest absolute Gasteiger partial charge is 0.262 e. The minimum atomic E-state index is -0.358. The zero-order valence-corrected chi connectivity index (χ0v) is 19.0. The van der Waals surface area contributed by atoms with Crippen molar-refractivity contribution in [3.63, 3.8) is 0 Å². The number of rotatable bonds is 8. The van der Waals surface area contributed by atoms with Gasteiger partial charge in [-0.1, -0.05) is 37.1 Å². The fourth-order valence-electron chi connectivity index (χ4n) is 4.44. The molecule has 0 radical (unpaired) electrons. The van der Waals surface area contributed by atoms with Gasteiger partial charge in [0, 0.05) is 36.4 Å². The van der Waals surface area contributed by atoms with Crippen molar-refractivity contribution in [2.45, 2.75) is 38.1 Å². The molecule has 0 unspecified atom stereocenters. The average molecular weight is 458 g/mol. The molecule has 2 amide bonds. The van der Waals surface area contributed by atoms with Gasteiger partial charge in [0.05, 0.1) is 18.4 Å². The molecular formula is C24H28FN3O3S. The highest BCUT2D eigenvalue weighted by Crippen LogP contribution is 2.36. The third-order valence-electron chi connectivity index (χ3n) is 6.13. The normalized spacial score (nSPS) is 18.8. The number of hydrogen-bond acceptors (Lipinski definition) is 5. The van der Waals surface area contributed by atoms with E-state index >= 15 is 0 Å². The lowest BCUT2D eigenvalue weighted by molar-refractivity contribution is -0.144. The van der Waals surface area contributed by atoms with Gasteiger partial charge >= 0.3 is 0 Å². The molecule has 8 heteroatoms. The van der Waals surface area contributed by atoms with Gasteiger partial charge in [0.25, 0.3) is 5.91 Å². The largest absolute Gasteiger partial charge is 0.383 e. The third kappa shape index (κ3) is 4.91. The molecule has 1 atom stereocenters. The van der Waals surface area contributed by atoms with E-state index in [1.54, 1.807) is 41.5 Å². The Morgan fingerprint density at radius 2 is 2.00 bits per heavy atom. The molecule has 1 fully saturated rings. The molecule has 32 heavy (non-hydrogen) atoms. The van der Waals surface area contributed by atoms with Crippen LogP contribution in [0.3, 0.4) is 0 Å². The van der Waals surface area contributed by atoms with E-state index in [0.717, 1.165) is 30.6 Å². The van der Waals surface area contributed by atoms with Crippen LogP contribution in [-0.2, 0) is 14.3 Å². The SMILES string of the molecule is COCCN(CC(=O)N1N=C(c2ccccc2F)C[C@H]1c1cccs1)C(=O)C1CCCC1. The summed E-state index contributed by atoms with van der Waals surface area (Å²) in [6.45, 7) is 0.664. The summed E-state index contributed by atoms with van der Waals surface area (Å²) < 4.78 is 19.6. The van der Waals surface area contributed by atoms with E-state index in [0.29, 0.717) is 30.8 Å². The number of carbonyl (C=O) groups is 2. The first kappa shape index (κ1) is 22.6. The predicted octanol–water partition coefficient (Wildman–Crippen LogP) is 4.23. The number of halogens is 1. The fourth-order valence-corrected chi connectivity index (χ4v) is 5.25. The molecule has 170 valence electrons. The molecule has 1 aromatic carbocycles. The summed E-state index contributed by atoms with van der Waals surface area (Å²) in [4.78, 5) is 29.0. The van der Waals surface area contributed by atoms with Gasteiger partial charge in [-0.3, -0.25) is 9.59 Å². The van der Waals surface area contributed by atoms with Crippen LogP contribution in [0.25, 0.3) is 0 Å². The second-order valence-electron chi connectivity index (χ2n) is 8.23. The van der Waals surface area contributed by atoms with E-state index in [4.69, 9.17) is 4.74 Å². The van der Waals surface area contributed by atoms with E-state index in [2.05, 4.69) is 5.10 Å². The summed E-state index contributed by atoms with van der Waals surface area (Å²) >= 11 is 1.54. The first-order valence-corrected chi connectivity index (χ1v) is 11.9. The molecule has 1 aromatic heterocycles. The van der Waals surface area contributed by atoms with Gasteiger partial charge < -0.3 is 9.64 Å². The lowest BCUT2D eigenvalue weighted by Crippen LogP contribution is -2.44. The number of hydrogen-bond donors (Lipinski definition) is 0. The number of carbonyl (C=O) groups excluding carboxylic acids is 2. The van der Waals surface area contributed by atoms with Crippen LogP contribution >= 0.6 is 11.3 Å². The molecule has 4 rings (SSSR count). The van der Waals surface area contributed by atoms with Crippen molar-refractivity contribution in [1.29, 1.82) is 0 Å². The Kier molecular flexibility index (Phi) is 7.32. The van der Waals surface area contributed by atoms with E-state index in [-0.39, 0.29) is 36.1 Å². The van der Waals surface area contributed by atoms with Crippen LogP contribution in [-0.4, -0.2) is 54.2 Å². The molecule has 2 aliphatic rings. The Hall–Kier alpha value is -2.58. The van der Waals surface area contributed by atoms with Gasteiger partial charge in [-0.15, -0.1) is 11.3 Å². The first-order chi connectivity index (χ1) is 15.6. The van der Waals surface area contributed by atoms with Crippen LogP contribution in [0.1, 0.15) is 48.6 Å². The molecule has 0 spiro atoms. The van der Waals surface area contributed by atoms with Crippen molar-refractivity contribution >= 4 is 28.9 Å². The number of nitrogens with zero attached hydrogens (tertiary/aromatic N) is 3. The minimum Gasteiger partial charge on any atom is -0.383 e. The van der Waals surface area contributed by atoms with Gasteiger partial charge in [-0.25, -0.2) is 9.40 Å². The maximum atomic E-state index is 14.4. The molecule has 1 saturated carbocycles. The summed E-state index contributed by atoms with van der Waals surface area (Å²) in [5.74, 6) is -0.636. The lowest BCUT2D eigenvalue weighted by atomic mass is 10.0. The Morgan fingerprint density at radius 3 is 2.69 bits per heavy atom. The van der Waals surface area contributed by atoms with Crippen molar-refractivity contribution in [1.82, 2.24) is 9.91 Å². The predicted molar refractivity (Wildman–Crippen MR) is 122 cm³/mol. The van der Waals surface area contributed by atoms with Crippen molar-refractivity contribution in [2.24, 2.45) is 11.0 Å². The van der Waals surface area contributed by atoms with Crippen molar-refractivity contribution in [3.05, 3.63) is 58.0 Å². The fraction of sp³-hybridized carbons (Fsp3) is 0.458. The molecule has 6 nitrogen and oxygen atoms in total. The van der Waals surface area contributed by atoms with E-state index in [9.17, 15) is 14.0 Å². The van der Waals surface area contributed by atoms with Crippen molar-refractivity contribution < 1.29 is 18.7 Å². The molecule has 2 heterocycles. The average Bonchev–Trinajstić information content (AvgIpc) is 3.57. The zero-order valence-electron chi connectivity index (χ0n) is 18.2. The summed E-state index contributed by atoms with van der Waals surface area (Å²) in [6.07, 6.45) is 4.26. The highest BCUT2D eigenvalue weighted by molar-refractivity contribution is 7.10. The number of ether oxygens (including phenoxy) is 1. The van der Waals surface area contributed by atoms with Gasteiger partial charge in [0.2, 0.25) is 5.91 Å². The maximum absolute atomic E-state index is 14.4. The summed E-state index contributed by atoms with van der Waals surface area (Å²) in [5.41, 5.74) is 0.947. The molecule has 0 bridgehead atoms. The van der Waals surface area contributed by atoms with Gasteiger partial charge in [0.15, 0.2) is 0 Å². The molecule has 0 saturated heterocycles. The molecule has 1 aliphatic carbocycles. The van der Waals surface area contributed by atoms with Crippen LogP contribution in [0, 0.1) is 11.7 Å². The molecule has 1 aliphatic heterocycles. The second-order valence-corrected chi connectivity index (χ2v) is 9.21. The van der Waals surface area contributed by atoms with Crippen molar-refractivity contribution in [2.75, 3.05) is 26.8 Å². The van der Waals surface area contributed by atoms with E-state index in [1.807, 2.05) is 17.5 Å². The molecule has 2 aromatic rings. The Balaban J connectivity index is 1.57. The first-order valence-electron chi connectivity index (χ1n) is 11.0. The quantitative estimate of drug-likeness (QED) is 0.596. The summed E-state index contributed by atoms with van der Waals surface area (Å²) in [7, 11) is 1.58. The number of benzene rings is 1. The number of methoxy groups -OCH3 is 1. The highest BCUT2D eigenvalue weighted by atomic mass is 32.1. The topological polar surface area (TPSA) is 62.2 Å². The van der Waals surface area contributed by atoms with Gasteiger partial charge in [0.1, 0.15) is 12.4 Å². The lowest BCUT2D eigenvalue weighted by Gasteiger charge is -2.28. The van der Waals surface area contributed by atoms with Crippen LogP contribution in [0.2, 0.25) is 0 Å². The zero-order chi connectivity index (χ0) is 22.5. The molecular weight excluding hydrogens is 429 g/mol. The number of amides is 2. The van der Waals surface area contributed by atoms with Crippen LogP contribution in [0.15, 0.2) is 46.9 Å². The standard InChI is InChI=1S/C24H28FN3O3S/c1-31-13-12-27(24(30)17-7-2-3-8-17)16-23(29)28-21(22-11-6-14-32-22)15-20(26-28)18-9-4-5-10-19(18)25/h4-6,9-11,14,17,21H,2-3,7-8,12-13,15-16H2,1H3/t21-/m0/s1. The van der Waals surface area contributed by atoms with E-state index < -0.39 is 0 Å². The highest BCUT2D eigenvalue weighted by Gasteiger charge is 2.36.